The third kappa shape index (κ3) is 6.74. The van der Waals surface area contributed by atoms with Crippen LogP contribution < -0.4 is 14.4 Å². The third-order valence-electron chi connectivity index (χ3n) is 5.07. The Morgan fingerprint density at radius 3 is 2.44 bits per heavy atom. The Balaban J connectivity index is 1.73. The van der Waals surface area contributed by atoms with Crippen molar-refractivity contribution in [3.05, 3.63) is 103 Å². The van der Waals surface area contributed by atoms with E-state index in [2.05, 4.69) is 25.6 Å². The normalized spacial score (nSPS) is 10.4. The van der Waals surface area contributed by atoms with Crippen molar-refractivity contribution in [3.8, 4) is 11.5 Å². The zero-order chi connectivity index (χ0) is 22.6. The van der Waals surface area contributed by atoms with E-state index in [1.54, 1.807) is 18.2 Å². The van der Waals surface area contributed by atoms with Gasteiger partial charge in [0.2, 0.25) is 0 Å². The highest BCUT2D eigenvalue weighted by atomic mass is 16.5. The van der Waals surface area contributed by atoms with Crippen molar-refractivity contribution in [3.63, 3.8) is 0 Å². The molecule has 32 heavy (non-hydrogen) atoms. The highest BCUT2D eigenvalue weighted by molar-refractivity contribution is 6.06. The summed E-state index contributed by atoms with van der Waals surface area (Å²) in [6, 6.07) is 25.1. The van der Waals surface area contributed by atoms with Crippen LogP contribution in [0.3, 0.4) is 0 Å². The van der Waals surface area contributed by atoms with Crippen molar-refractivity contribution in [1.29, 1.82) is 0 Å². The van der Waals surface area contributed by atoms with Crippen molar-refractivity contribution < 1.29 is 14.3 Å². The number of benzene rings is 3. The van der Waals surface area contributed by atoms with Crippen molar-refractivity contribution >= 4 is 11.6 Å². The van der Waals surface area contributed by atoms with Crippen LogP contribution in [0.4, 0.5) is 5.69 Å². The first-order valence-corrected chi connectivity index (χ1v) is 11.1. The molecule has 0 bridgehead atoms. The lowest BCUT2D eigenvalue weighted by atomic mass is 10.1. The summed E-state index contributed by atoms with van der Waals surface area (Å²) >= 11 is 0. The fraction of sp³-hybridized carbons (Fsp3) is 0.250. The number of ether oxygens (including phenoxy) is 2. The van der Waals surface area contributed by atoms with Gasteiger partial charge in [-0.1, -0.05) is 56.3 Å². The summed E-state index contributed by atoms with van der Waals surface area (Å²) in [4.78, 5) is 15.2. The fourth-order valence-corrected chi connectivity index (χ4v) is 3.33. The fourth-order valence-electron chi connectivity index (χ4n) is 3.33. The molecular weight excluding hydrogens is 398 g/mol. The Morgan fingerprint density at radius 2 is 1.72 bits per heavy atom. The van der Waals surface area contributed by atoms with Crippen LogP contribution in [0.1, 0.15) is 35.7 Å². The molecule has 0 spiro atoms. The van der Waals surface area contributed by atoms with Crippen LogP contribution in [0.15, 0.2) is 91.5 Å². The maximum absolute atomic E-state index is 13.4. The van der Waals surface area contributed by atoms with Crippen LogP contribution >= 0.6 is 0 Å². The molecule has 0 aliphatic carbocycles. The second-order valence-electron chi connectivity index (χ2n) is 7.52. The highest BCUT2D eigenvalue weighted by Gasteiger charge is 2.18. The Kier molecular flexibility index (Phi) is 8.93. The maximum Gasteiger partial charge on any atom is 0.258 e. The number of hydrogen-bond donors (Lipinski definition) is 0. The molecule has 0 aliphatic heterocycles. The summed E-state index contributed by atoms with van der Waals surface area (Å²) < 4.78 is 11.4. The molecule has 4 heteroatoms. The monoisotopic (exact) mass is 429 g/mol. The van der Waals surface area contributed by atoms with Crippen LogP contribution in [0.2, 0.25) is 0 Å². The summed E-state index contributed by atoms with van der Waals surface area (Å²) in [7, 11) is 0. The minimum Gasteiger partial charge on any atom is -0.494 e. The van der Waals surface area contributed by atoms with E-state index in [0.717, 1.165) is 42.9 Å². The molecule has 166 valence electrons. The Hall–Kier alpha value is -3.53. The lowest BCUT2D eigenvalue weighted by Gasteiger charge is -2.23. The molecule has 0 atom stereocenters. The molecule has 0 fully saturated rings. The first-order chi connectivity index (χ1) is 15.7. The van der Waals surface area contributed by atoms with Gasteiger partial charge in [0.25, 0.3) is 5.91 Å². The zero-order valence-electron chi connectivity index (χ0n) is 18.7. The number of unbranched alkanes of at least 4 members (excludes halogenated alkanes) is 1. The molecule has 0 unspecified atom stereocenters. The Labute approximate surface area is 191 Å². The number of carbonyl (C=O) groups excluding carboxylic acids is 1. The van der Waals surface area contributed by atoms with E-state index in [0.29, 0.717) is 24.5 Å². The molecule has 0 N–H and O–H groups in total. The molecular formula is C28H31NO3. The molecule has 3 aromatic carbocycles. The van der Waals surface area contributed by atoms with E-state index < -0.39 is 0 Å². The van der Waals surface area contributed by atoms with Gasteiger partial charge >= 0.3 is 0 Å². The topological polar surface area (TPSA) is 38.8 Å². The average Bonchev–Trinajstić information content (AvgIpc) is 2.84. The van der Waals surface area contributed by atoms with Gasteiger partial charge in [-0.05, 0) is 66.9 Å². The average molecular weight is 430 g/mol. The molecule has 0 aromatic heterocycles. The van der Waals surface area contributed by atoms with Gasteiger partial charge in [0.1, 0.15) is 18.1 Å². The zero-order valence-corrected chi connectivity index (χ0v) is 18.7. The Bertz CT molecular complexity index is 983. The number of amides is 1. The van der Waals surface area contributed by atoms with Crippen LogP contribution in [0, 0.1) is 0 Å². The number of para-hydroxylation sites is 1. The van der Waals surface area contributed by atoms with Crippen LogP contribution in [0.5, 0.6) is 11.5 Å². The van der Waals surface area contributed by atoms with E-state index >= 15 is 0 Å². The van der Waals surface area contributed by atoms with E-state index in [9.17, 15) is 4.79 Å². The van der Waals surface area contributed by atoms with Crippen LogP contribution in [-0.4, -0.2) is 25.7 Å². The van der Waals surface area contributed by atoms with Crippen LogP contribution in [-0.2, 0) is 6.42 Å². The lowest BCUT2D eigenvalue weighted by Crippen LogP contribution is -2.32. The summed E-state index contributed by atoms with van der Waals surface area (Å²) in [5.74, 6) is 1.55. The smallest absolute Gasteiger partial charge is 0.258 e. The minimum atomic E-state index is -0.0400. The van der Waals surface area contributed by atoms with Crippen molar-refractivity contribution in [2.75, 3.05) is 24.7 Å². The molecule has 0 saturated heterocycles. The summed E-state index contributed by atoms with van der Waals surface area (Å²) in [5, 5.41) is 0. The molecule has 0 aliphatic rings. The number of anilines is 1. The molecule has 4 nitrogen and oxygen atoms in total. The minimum absolute atomic E-state index is 0.0400. The van der Waals surface area contributed by atoms with Gasteiger partial charge in [-0.3, -0.25) is 4.79 Å². The van der Waals surface area contributed by atoms with Crippen molar-refractivity contribution in [2.24, 2.45) is 0 Å². The molecule has 0 heterocycles. The second kappa shape index (κ2) is 12.4. The van der Waals surface area contributed by atoms with E-state index in [1.807, 2.05) is 59.5 Å². The number of nitrogens with zero attached hydrogens (tertiary/aromatic N) is 1. The molecule has 1 amide bonds. The predicted octanol–water partition coefficient (Wildman–Crippen LogP) is 6.32. The largest absolute Gasteiger partial charge is 0.494 e. The lowest BCUT2D eigenvalue weighted by molar-refractivity contribution is 0.0987. The van der Waals surface area contributed by atoms with Crippen LogP contribution in [0.25, 0.3) is 0 Å². The third-order valence-corrected chi connectivity index (χ3v) is 5.07. The number of rotatable bonds is 12. The quantitative estimate of drug-likeness (QED) is 0.250. The SMILES string of the molecule is C=CCOc1ccc(C(=O)N(CCc2cccc(OCCCC)c2)c2ccccc2)cc1. The standard InChI is InChI=1S/C28H31NO3/c1-3-5-21-32-27-13-9-10-23(22-27)18-19-29(25-11-7-6-8-12-25)28(30)24-14-16-26(17-15-24)31-20-4-2/h4,6-17,22H,2-3,5,18-21H2,1H3. The first kappa shape index (κ1) is 23.1. The van der Waals surface area contributed by atoms with Gasteiger partial charge in [0.15, 0.2) is 0 Å². The summed E-state index contributed by atoms with van der Waals surface area (Å²) in [6.45, 7) is 7.53. The Morgan fingerprint density at radius 1 is 0.938 bits per heavy atom. The van der Waals surface area contributed by atoms with Gasteiger partial charge < -0.3 is 14.4 Å². The highest BCUT2D eigenvalue weighted by Crippen LogP contribution is 2.21. The van der Waals surface area contributed by atoms with E-state index in [1.165, 1.54) is 0 Å². The summed E-state index contributed by atoms with van der Waals surface area (Å²) in [5.41, 5.74) is 2.64. The van der Waals surface area contributed by atoms with Gasteiger partial charge in [0, 0.05) is 17.8 Å². The van der Waals surface area contributed by atoms with Gasteiger partial charge in [-0.25, -0.2) is 0 Å². The van der Waals surface area contributed by atoms with Gasteiger partial charge in [-0.15, -0.1) is 0 Å². The predicted molar refractivity (Wildman–Crippen MR) is 131 cm³/mol. The van der Waals surface area contributed by atoms with Crippen molar-refractivity contribution in [1.82, 2.24) is 0 Å². The van der Waals surface area contributed by atoms with Gasteiger partial charge in [-0.2, -0.15) is 0 Å². The summed E-state index contributed by atoms with van der Waals surface area (Å²) in [6.07, 6.45) is 4.57. The van der Waals surface area contributed by atoms with Gasteiger partial charge in [0.05, 0.1) is 6.61 Å². The molecule has 0 saturated carbocycles. The number of hydrogen-bond acceptors (Lipinski definition) is 3. The maximum atomic E-state index is 13.4. The second-order valence-corrected chi connectivity index (χ2v) is 7.52. The number of carbonyl (C=O) groups is 1. The molecule has 3 aromatic rings. The molecule has 0 radical (unpaired) electrons. The molecule has 3 rings (SSSR count). The van der Waals surface area contributed by atoms with E-state index in [-0.39, 0.29) is 5.91 Å². The first-order valence-electron chi connectivity index (χ1n) is 11.1. The van der Waals surface area contributed by atoms with Crippen molar-refractivity contribution in [2.45, 2.75) is 26.2 Å². The van der Waals surface area contributed by atoms with E-state index in [4.69, 9.17) is 9.47 Å².